The predicted molar refractivity (Wildman–Crippen MR) is 51.1 cm³/mol. The van der Waals surface area contributed by atoms with Gasteiger partial charge in [0.2, 0.25) is 0 Å². The van der Waals surface area contributed by atoms with E-state index in [1.807, 2.05) is 19.9 Å². The Bertz CT molecular complexity index is 185. The quantitative estimate of drug-likeness (QED) is 0.473. The zero-order chi connectivity index (χ0) is 8.85. The summed E-state index contributed by atoms with van der Waals surface area (Å²) in [5.41, 5.74) is 2.30. The van der Waals surface area contributed by atoms with E-state index in [-0.39, 0.29) is 0 Å². The van der Waals surface area contributed by atoms with Crippen molar-refractivity contribution in [3.63, 3.8) is 0 Å². The number of hydrogen-bond acceptors (Lipinski definition) is 1. The Hall–Kier alpha value is -0.850. The Kier molecular flexibility index (Phi) is 4.51. The maximum atomic E-state index is 7.14. The largest absolute Gasteiger partial charge is 0.308 e. The molecule has 0 aromatic rings. The highest BCUT2D eigenvalue weighted by atomic mass is 14.3. The van der Waals surface area contributed by atoms with E-state index in [9.17, 15) is 0 Å². The summed E-state index contributed by atoms with van der Waals surface area (Å²) in [5, 5.41) is 7.14. The molecule has 0 aromatic carbocycles. The van der Waals surface area contributed by atoms with Crippen molar-refractivity contribution in [3.05, 3.63) is 23.3 Å². The lowest BCUT2D eigenvalue weighted by Crippen LogP contribution is -1.94. The molecular formula is C10H17N. The summed E-state index contributed by atoms with van der Waals surface area (Å²) >= 11 is 0. The number of nitrogens with one attached hydrogen (secondary N) is 1. The molecule has 0 aliphatic carbocycles. The topological polar surface area (TPSA) is 23.9 Å². The van der Waals surface area contributed by atoms with Crippen molar-refractivity contribution < 1.29 is 0 Å². The third-order valence-corrected chi connectivity index (χ3v) is 1.68. The molecule has 1 N–H and O–H groups in total. The minimum Gasteiger partial charge on any atom is -0.308 e. The minimum absolute atomic E-state index is 0.447. The monoisotopic (exact) mass is 151 g/mol. The van der Waals surface area contributed by atoms with Gasteiger partial charge in [0.1, 0.15) is 0 Å². The van der Waals surface area contributed by atoms with E-state index < -0.39 is 0 Å². The minimum atomic E-state index is 0.447. The summed E-state index contributed by atoms with van der Waals surface area (Å²) in [7, 11) is 0. The lowest BCUT2D eigenvalue weighted by Gasteiger charge is -2.04. The molecule has 0 amide bonds. The summed E-state index contributed by atoms with van der Waals surface area (Å²) < 4.78 is 0. The molecule has 0 saturated heterocycles. The van der Waals surface area contributed by atoms with Crippen LogP contribution in [0.2, 0.25) is 0 Å². The van der Waals surface area contributed by atoms with E-state index in [4.69, 9.17) is 5.41 Å². The molecular weight excluding hydrogens is 134 g/mol. The average molecular weight is 151 g/mol. The van der Waals surface area contributed by atoms with Gasteiger partial charge in [-0.15, -0.1) is 0 Å². The molecule has 0 aliphatic rings. The average Bonchev–Trinajstić information content (AvgIpc) is 1.99. The van der Waals surface area contributed by atoms with Crippen LogP contribution in [0.1, 0.15) is 27.7 Å². The van der Waals surface area contributed by atoms with Crippen molar-refractivity contribution in [2.24, 2.45) is 5.92 Å². The fraction of sp³-hybridized carbons (Fsp3) is 0.500. The number of allylic oxidation sites excluding steroid dienone is 4. The van der Waals surface area contributed by atoms with Crippen LogP contribution in [0.15, 0.2) is 23.3 Å². The molecule has 62 valence electrons. The molecule has 0 aromatic heterocycles. The normalized spacial score (nSPS) is 13.9. The summed E-state index contributed by atoms with van der Waals surface area (Å²) in [5.74, 6) is 0.447. The standard InChI is InChI=1S/C10H17N/c1-5-9(4)6-10(7-11)8(2)3/h5-8,11H,1-4H3/b9-5-,10-6+,11-7?. The van der Waals surface area contributed by atoms with Crippen molar-refractivity contribution in [1.82, 2.24) is 0 Å². The van der Waals surface area contributed by atoms with Crippen LogP contribution >= 0.6 is 0 Å². The third kappa shape index (κ3) is 3.76. The maximum Gasteiger partial charge on any atom is 0.0212 e. The second-order valence-electron chi connectivity index (χ2n) is 2.98. The number of hydrogen-bond donors (Lipinski definition) is 1. The summed E-state index contributed by atoms with van der Waals surface area (Å²) in [4.78, 5) is 0. The molecule has 0 heterocycles. The highest BCUT2D eigenvalue weighted by Crippen LogP contribution is 2.09. The molecule has 0 bridgehead atoms. The van der Waals surface area contributed by atoms with Gasteiger partial charge in [-0.1, -0.05) is 31.6 Å². The van der Waals surface area contributed by atoms with Gasteiger partial charge in [-0.2, -0.15) is 0 Å². The van der Waals surface area contributed by atoms with Crippen molar-refractivity contribution in [2.75, 3.05) is 0 Å². The Morgan fingerprint density at radius 2 is 1.91 bits per heavy atom. The van der Waals surface area contributed by atoms with Gasteiger partial charge in [-0.05, 0) is 25.3 Å². The molecule has 1 nitrogen and oxygen atoms in total. The second kappa shape index (κ2) is 4.89. The van der Waals surface area contributed by atoms with Crippen LogP contribution in [0.3, 0.4) is 0 Å². The van der Waals surface area contributed by atoms with Gasteiger partial charge in [0.25, 0.3) is 0 Å². The van der Waals surface area contributed by atoms with E-state index in [1.165, 1.54) is 11.8 Å². The van der Waals surface area contributed by atoms with Crippen molar-refractivity contribution in [3.8, 4) is 0 Å². The molecule has 0 fully saturated rings. The van der Waals surface area contributed by atoms with E-state index >= 15 is 0 Å². The first kappa shape index (κ1) is 10.2. The summed E-state index contributed by atoms with van der Waals surface area (Å²) in [6.45, 7) is 8.25. The molecule has 11 heavy (non-hydrogen) atoms. The van der Waals surface area contributed by atoms with Crippen LogP contribution in [0.5, 0.6) is 0 Å². The Balaban J connectivity index is 4.48. The smallest absolute Gasteiger partial charge is 0.0212 e. The zero-order valence-corrected chi connectivity index (χ0v) is 7.81. The van der Waals surface area contributed by atoms with Gasteiger partial charge in [0, 0.05) is 6.21 Å². The third-order valence-electron chi connectivity index (χ3n) is 1.68. The van der Waals surface area contributed by atoms with Crippen LogP contribution in [0, 0.1) is 11.3 Å². The van der Waals surface area contributed by atoms with Gasteiger partial charge >= 0.3 is 0 Å². The van der Waals surface area contributed by atoms with Crippen molar-refractivity contribution in [2.45, 2.75) is 27.7 Å². The molecule has 0 atom stereocenters. The van der Waals surface area contributed by atoms with E-state index in [0.717, 1.165) is 5.57 Å². The Morgan fingerprint density at radius 1 is 1.36 bits per heavy atom. The van der Waals surface area contributed by atoms with Crippen LogP contribution in [0.4, 0.5) is 0 Å². The summed E-state index contributed by atoms with van der Waals surface area (Å²) in [6.07, 6.45) is 5.53. The molecule has 0 rings (SSSR count). The van der Waals surface area contributed by atoms with Crippen molar-refractivity contribution in [1.29, 1.82) is 5.41 Å². The van der Waals surface area contributed by atoms with Gasteiger partial charge < -0.3 is 5.41 Å². The SMILES string of the molecule is C/C=C(C)\C=C(/C=N)C(C)C. The first-order valence-electron chi connectivity index (χ1n) is 3.96. The predicted octanol–water partition coefficient (Wildman–Crippen LogP) is 3.18. The summed E-state index contributed by atoms with van der Waals surface area (Å²) in [6, 6.07) is 0. The fourth-order valence-electron chi connectivity index (χ4n) is 0.721. The van der Waals surface area contributed by atoms with Gasteiger partial charge in [-0.3, -0.25) is 0 Å². The molecule has 1 heteroatoms. The Morgan fingerprint density at radius 3 is 2.18 bits per heavy atom. The second-order valence-corrected chi connectivity index (χ2v) is 2.98. The van der Waals surface area contributed by atoms with Gasteiger partial charge in [-0.25, -0.2) is 0 Å². The first-order valence-corrected chi connectivity index (χ1v) is 3.96. The molecule has 0 unspecified atom stereocenters. The highest BCUT2D eigenvalue weighted by molar-refractivity contribution is 5.77. The lowest BCUT2D eigenvalue weighted by molar-refractivity contribution is 0.804. The van der Waals surface area contributed by atoms with E-state index in [2.05, 4.69) is 19.9 Å². The molecule has 0 spiro atoms. The van der Waals surface area contributed by atoms with Crippen LogP contribution in [-0.2, 0) is 0 Å². The molecule has 0 radical (unpaired) electrons. The first-order chi connectivity index (χ1) is 5.11. The van der Waals surface area contributed by atoms with Gasteiger partial charge in [0.15, 0.2) is 0 Å². The maximum absolute atomic E-state index is 7.14. The highest BCUT2D eigenvalue weighted by Gasteiger charge is 1.97. The van der Waals surface area contributed by atoms with Crippen LogP contribution in [0.25, 0.3) is 0 Å². The zero-order valence-electron chi connectivity index (χ0n) is 7.81. The molecule has 0 saturated carbocycles. The van der Waals surface area contributed by atoms with E-state index in [1.54, 1.807) is 0 Å². The number of rotatable bonds is 3. The van der Waals surface area contributed by atoms with E-state index in [0.29, 0.717) is 5.92 Å². The lowest BCUT2D eigenvalue weighted by atomic mass is 10.0. The fourth-order valence-corrected chi connectivity index (χ4v) is 0.721. The van der Waals surface area contributed by atoms with Gasteiger partial charge in [0.05, 0.1) is 0 Å². The molecule has 0 aliphatic heterocycles. The Labute approximate surface area is 69.3 Å². The van der Waals surface area contributed by atoms with Crippen molar-refractivity contribution >= 4 is 6.21 Å². The van der Waals surface area contributed by atoms with Crippen LogP contribution < -0.4 is 0 Å². The van der Waals surface area contributed by atoms with Crippen LogP contribution in [-0.4, -0.2) is 6.21 Å².